The van der Waals surface area contributed by atoms with Gasteiger partial charge in [0, 0.05) is 36.3 Å². The van der Waals surface area contributed by atoms with Gasteiger partial charge in [0.05, 0.1) is 12.7 Å². The predicted molar refractivity (Wildman–Crippen MR) is 80.9 cm³/mol. The number of rotatable bonds is 3. The van der Waals surface area contributed by atoms with Crippen LogP contribution in [0.1, 0.15) is 36.9 Å². The van der Waals surface area contributed by atoms with E-state index in [1.54, 1.807) is 0 Å². The van der Waals surface area contributed by atoms with E-state index < -0.39 is 0 Å². The van der Waals surface area contributed by atoms with E-state index in [-0.39, 0.29) is 5.91 Å². The van der Waals surface area contributed by atoms with Crippen molar-refractivity contribution in [3.05, 3.63) is 17.5 Å². The predicted octanol–water partition coefficient (Wildman–Crippen LogP) is 0.539. The maximum Gasteiger partial charge on any atom is 0.234 e. The van der Waals surface area contributed by atoms with Gasteiger partial charge in [0.1, 0.15) is 0 Å². The van der Waals surface area contributed by atoms with Crippen LogP contribution in [0.2, 0.25) is 0 Å². The molecule has 2 aliphatic rings. The molecule has 0 aromatic carbocycles. The van der Waals surface area contributed by atoms with Gasteiger partial charge in [0.2, 0.25) is 5.91 Å². The van der Waals surface area contributed by atoms with E-state index in [0.717, 1.165) is 39.0 Å². The average Bonchev–Trinajstić information content (AvgIpc) is 2.90. The number of carbonyl (C=O) groups is 1. The summed E-state index contributed by atoms with van der Waals surface area (Å²) in [6.07, 6.45) is 4.00. The highest BCUT2D eigenvalue weighted by molar-refractivity contribution is 5.78. The minimum Gasteiger partial charge on any atom is -0.352 e. The highest BCUT2D eigenvalue weighted by atomic mass is 16.2. The van der Waals surface area contributed by atoms with E-state index in [1.165, 1.54) is 11.3 Å². The molecule has 6 heteroatoms. The molecule has 1 unspecified atom stereocenters. The van der Waals surface area contributed by atoms with E-state index in [9.17, 15) is 4.79 Å². The van der Waals surface area contributed by atoms with E-state index >= 15 is 0 Å². The molecule has 1 amide bonds. The molecule has 0 saturated carbocycles. The Morgan fingerprint density at radius 2 is 2.24 bits per heavy atom. The molecule has 1 saturated heterocycles. The van der Waals surface area contributed by atoms with Crippen molar-refractivity contribution in [2.45, 2.75) is 38.3 Å². The first-order valence-electron chi connectivity index (χ1n) is 7.84. The first-order valence-corrected chi connectivity index (χ1v) is 7.84. The van der Waals surface area contributed by atoms with Gasteiger partial charge in [0.25, 0.3) is 0 Å². The molecule has 0 spiro atoms. The number of carbonyl (C=O) groups excluding carboxylic acids is 1. The third-order valence-corrected chi connectivity index (χ3v) is 4.62. The van der Waals surface area contributed by atoms with Gasteiger partial charge in [-0.05, 0) is 33.0 Å². The van der Waals surface area contributed by atoms with E-state index in [4.69, 9.17) is 0 Å². The molecule has 0 aliphatic carbocycles. The Morgan fingerprint density at radius 3 is 3.00 bits per heavy atom. The van der Waals surface area contributed by atoms with Gasteiger partial charge in [-0.25, -0.2) is 0 Å². The number of hydrogen-bond donors (Lipinski definition) is 2. The molecule has 0 radical (unpaired) electrons. The molecule has 1 fully saturated rings. The van der Waals surface area contributed by atoms with Gasteiger partial charge < -0.3 is 10.2 Å². The first-order chi connectivity index (χ1) is 10.1. The lowest BCUT2D eigenvalue weighted by Gasteiger charge is -2.32. The standard InChI is InChI=1S/C15H25N5O/c1-11-8-20(9-12-7-16-18-15(11)12)10-14(21)17-13-3-5-19(2)6-4-13/h7,11,13H,3-6,8-10H2,1-2H3,(H,16,18)(H,17,21). The van der Waals surface area contributed by atoms with Crippen LogP contribution in [0.4, 0.5) is 0 Å². The summed E-state index contributed by atoms with van der Waals surface area (Å²) in [5, 5.41) is 10.4. The Kier molecular flexibility index (Phi) is 4.26. The van der Waals surface area contributed by atoms with E-state index in [0.29, 0.717) is 18.5 Å². The highest BCUT2D eigenvalue weighted by Gasteiger charge is 2.26. The van der Waals surface area contributed by atoms with Crippen LogP contribution in [-0.2, 0) is 11.3 Å². The van der Waals surface area contributed by atoms with Crippen LogP contribution >= 0.6 is 0 Å². The number of nitrogens with zero attached hydrogens (tertiary/aromatic N) is 3. The van der Waals surface area contributed by atoms with Gasteiger partial charge in [-0.1, -0.05) is 6.92 Å². The summed E-state index contributed by atoms with van der Waals surface area (Å²) in [5.41, 5.74) is 2.45. The molecule has 3 heterocycles. The SMILES string of the molecule is CC1CN(CC(=O)NC2CCN(C)CC2)Cc2cn[nH]c21. The van der Waals surface area contributed by atoms with Crippen molar-refractivity contribution < 1.29 is 4.79 Å². The summed E-state index contributed by atoms with van der Waals surface area (Å²) in [7, 11) is 2.13. The largest absolute Gasteiger partial charge is 0.352 e. The molecule has 0 bridgehead atoms. The van der Waals surface area contributed by atoms with Crippen LogP contribution < -0.4 is 5.32 Å². The number of aromatic nitrogens is 2. The first kappa shape index (κ1) is 14.5. The lowest BCUT2D eigenvalue weighted by atomic mass is 9.98. The average molecular weight is 291 g/mol. The van der Waals surface area contributed by atoms with Crippen molar-refractivity contribution in [3.8, 4) is 0 Å². The van der Waals surface area contributed by atoms with Crippen molar-refractivity contribution in [1.82, 2.24) is 25.3 Å². The van der Waals surface area contributed by atoms with Crippen LogP contribution in [0, 0.1) is 0 Å². The monoisotopic (exact) mass is 291 g/mol. The smallest absolute Gasteiger partial charge is 0.234 e. The van der Waals surface area contributed by atoms with Crippen LogP contribution in [-0.4, -0.2) is 65.2 Å². The molecule has 1 aromatic rings. The molecule has 21 heavy (non-hydrogen) atoms. The molecule has 2 aliphatic heterocycles. The lowest BCUT2D eigenvalue weighted by molar-refractivity contribution is -0.123. The maximum absolute atomic E-state index is 12.2. The van der Waals surface area contributed by atoms with Crippen LogP contribution in [0.5, 0.6) is 0 Å². The number of aromatic amines is 1. The van der Waals surface area contributed by atoms with Crippen LogP contribution in [0.25, 0.3) is 0 Å². The Bertz CT molecular complexity index is 492. The van der Waals surface area contributed by atoms with Gasteiger partial charge in [-0.3, -0.25) is 14.8 Å². The zero-order valence-electron chi connectivity index (χ0n) is 12.9. The topological polar surface area (TPSA) is 64.3 Å². The van der Waals surface area contributed by atoms with Gasteiger partial charge >= 0.3 is 0 Å². The maximum atomic E-state index is 12.2. The molecule has 6 nitrogen and oxygen atoms in total. The van der Waals surface area contributed by atoms with Crippen LogP contribution in [0.3, 0.4) is 0 Å². The Hall–Kier alpha value is -1.40. The Balaban J connectivity index is 1.50. The fourth-order valence-electron chi connectivity index (χ4n) is 3.41. The van der Waals surface area contributed by atoms with E-state index in [1.807, 2.05) is 6.20 Å². The zero-order chi connectivity index (χ0) is 14.8. The second-order valence-corrected chi connectivity index (χ2v) is 6.52. The molecular formula is C15H25N5O. The summed E-state index contributed by atoms with van der Waals surface area (Å²) in [5.74, 6) is 0.566. The fraction of sp³-hybridized carbons (Fsp3) is 0.733. The number of amides is 1. The molecule has 3 rings (SSSR count). The number of fused-ring (bicyclic) bond motifs is 1. The number of hydrogen-bond acceptors (Lipinski definition) is 4. The van der Waals surface area contributed by atoms with Crippen molar-refractivity contribution in [2.24, 2.45) is 0 Å². The summed E-state index contributed by atoms with van der Waals surface area (Å²) in [4.78, 5) is 16.8. The fourth-order valence-corrected chi connectivity index (χ4v) is 3.41. The van der Waals surface area contributed by atoms with Crippen molar-refractivity contribution in [1.29, 1.82) is 0 Å². The second kappa shape index (κ2) is 6.15. The minimum atomic E-state index is 0.156. The molecule has 2 N–H and O–H groups in total. The quantitative estimate of drug-likeness (QED) is 0.853. The van der Waals surface area contributed by atoms with E-state index in [2.05, 4.69) is 39.3 Å². The lowest BCUT2D eigenvalue weighted by Crippen LogP contribution is -2.47. The normalized spacial score (nSPS) is 24.8. The molecule has 116 valence electrons. The summed E-state index contributed by atoms with van der Waals surface area (Å²) >= 11 is 0. The summed E-state index contributed by atoms with van der Waals surface area (Å²) in [6, 6.07) is 0.348. The number of nitrogens with one attached hydrogen (secondary N) is 2. The molecule has 1 atom stereocenters. The van der Waals surface area contributed by atoms with Crippen molar-refractivity contribution in [3.63, 3.8) is 0 Å². The van der Waals surface area contributed by atoms with Crippen molar-refractivity contribution in [2.75, 3.05) is 33.2 Å². The number of piperidine rings is 1. The zero-order valence-corrected chi connectivity index (χ0v) is 12.9. The minimum absolute atomic E-state index is 0.156. The van der Waals surface area contributed by atoms with Crippen molar-refractivity contribution >= 4 is 5.91 Å². The third-order valence-electron chi connectivity index (χ3n) is 4.62. The molecule has 1 aromatic heterocycles. The Labute approximate surface area is 125 Å². The number of likely N-dealkylation sites (tertiary alicyclic amines) is 1. The summed E-state index contributed by atoms with van der Waals surface area (Å²) in [6.45, 7) is 6.54. The summed E-state index contributed by atoms with van der Waals surface area (Å²) < 4.78 is 0. The van der Waals surface area contributed by atoms with Crippen LogP contribution in [0.15, 0.2) is 6.20 Å². The highest BCUT2D eigenvalue weighted by Crippen LogP contribution is 2.25. The molecular weight excluding hydrogens is 266 g/mol. The third kappa shape index (κ3) is 3.44. The Morgan fingerprint density at radius 1 is 1.48 bits per heavy atom. The van der Waals surface area contributed by atoms with Gasteiger partial charge in [-0.15, -0.1) is 0 Å². The second-order valence-electron chi connectivity index (χ2n) is 6.52. The number of H-pyrrole nitrogens is 1. The van der Waals surface area contributed by atoms with Gasteiger partial charge in [0.15, 0.2) is 0 Å². The van der Waals surface area contributed by atoms with Gasteiger partial charge in [-0.2, -0.15) is 5.10 Å².